The zero-order valence-corrected chi connectivity index (χ0v) is 12.1. The molecule has 2 aliphatic rings. The van der Waals surface area contributed by atoms with Crippen LogP contribution in [-0.2, 0) is 9.53 Å². The lowest BCUT2D eigenvalue weighted by molar-refractivity contribution is -0.131. The number of hydrazine groups is 1. The van der Waals surface area contributed by atoms with Crippen molar-refractivity contribution < 1.29 is 9.53 Å². The van der Waals surface area contributed by atoms with Crippen LogP contribution in [0.3, 0.4) is 0 Å². The number of rotatable bonds is 3. The second kappa shape index (κ2) is 5.79. The molecule has 1 aliphatic heterocycles. The van der Waals surface area contributed by atoms with Gasteiger partial charge in [0.2, 0.25) is 0 Å². The fraction of sp³-hybridized carbons (Fsp3) is 0.467. The molecule has 1 saturated heterocycles. The van der Waals surface area contributed by atoms with Gasteiger partial charge in [0.1, 0.15) is 0 Å². The molecule has 4 nitrogen and oxygen atoms in total. The molecule has 0 spiro atoms. The Bertz CT molecular complexity index is 500. The molecule has 0 aromatic heterocycles. The Morgan fingerprint density at radius 1 is 1.15 bits per heavy atom. The van der Waals surface area contributed by atoms with Crippen LogP contribution in [0, 0.1) is 5.92 Å². The van der Waals surface area contributed by atoms with Gasteiger partial charge in [-0.25, -0.2) is 0 Å². The number of ether oxygens (including phenoxy) is 1. The number of amides is 1. The maximum atomic E-state index is 12.5. The lowest BCUT2D eigenvalue weighted by Crippen LogP contribution is -2.38. The summed E-state index contributed by atoms with van der Waals surface area (Å²) in [5.41, 5.74) is 3.86. The van der Waals surface area contributed by atoms with E-state index in [1.807, 2.05) is 30.3 Å². The fourth-order valence-corrected chi connectivity index (χ4v) is 3.15. The van der Waals surface area contributed by atoms with Gasteiger partial charge in [0.15, 0.2) is 6.10 Å². The third-order valence-corrected chi connectivity index (χ3v) is 4.25. The molecular formula is C15H18N2O2S. The van der Waals surface area contributed by atoms with Crippen LogP contribution in [0.1, 0.15) is 32.1 Å². The molecule has 1 N–H and O–H groups in total. The van der Waals surface area contributed by atoms with Crippen LogP contribution in [0.4, 0.5) is 5.69 Å². The van der Waals surface area contributed by atoms with Crippen molar-refractivity contribution >= 4 is 29.0 Å². The monoisotopic (exact) mass is 290 g/mol. The van der Waals surface area contributed by atoms with Crippen LogP contribution < -0.4 is 5.43 Å². The van der Waals surface area contributed by atoms with Gasteiger partial charge < -0.3 is 4.74 Å². The van der Waals surface area contributed by atoms with Crippen molar-refractivity contribution in [1.82, 2.24) is 5.01 Å². The zero-order valence-electron chi connectivity index (χ0n) is 11.2. The van der Waals surface area contributed by atoms with Crippen LogP contribution in [0.25, 0.3) is 0 Å². The molecule has 1 aliphatic carbocycles. The Morgan fingerprint density at radius 3 is 2.55 bits per heavy atom. The molecule has 1 aromatic rings. The lowest BCUT2D eigenvalue weighted by Gasteiger charge is -2.24. The molecule has 1 heterocycles. The number of thiocarbonyl (C=S) groups is 1. The number of nitrogens with one attached hydrogen (secondary N) is 1. The third-order valence-electron chi connectivity index (χ3n) is 3.97. The maximum Gasteiger partial charge on any atom is 0.290 e. The van der Waals surface area contributed by atoms with Crippen molar-refractivity contribution in [2.75, 3.05) is 5.43 Å². The number of hydrogen-bond acceptors (Lipinski definition) is 4. The summed E-state index contributed by atoms with van der Waals surface area (Å²) in [5.74, 6) is 0.238. The van der Waals surface area contributed by atoms with Crippen molar-refractivity contribution in [2.45, 2.75) is 38.2 Å². The lowest BCUT2D eigenvalue weighted by atomic mass is 9.85. The zero-order chi connectivity index (χ0) is 13.9. The summed E-state index contributed by atoms with van der Waals surface area (Å²) in [4.78, 5) is 12.5. The predicted octanol–water partition coefficient (Wildman–Crippen LogP) is 3.11. The molecule has 1 unspecified atom stereocenters. The van der Waals surface area contributed by atoms with E-state index in [9.17, 15) is 4.79 Å². The van der Waals surface area contributed by atoms with Crippen LogP contribution >= 0.6 is 12.2 Å². The van der Waals surface area contributed by atoms with E-state index in [2.05, 4.69) is 5.43 Å². The van der Waals surface area contributed by atoms with Gasteiger partial charge in [-0.15, -0.1) is 0 Å². The SMILES string of the molecule is O=C1C(C2CCCCC2)OC(=S)N1Nc1ccccc1. The number of benzene rings is 1. The minimum Gasteiger partial charge on any atom is -0.456 e. The average Bonchev–Trinajstić information content (AvgIpc) is 2.77. The first kappa shape index (κ1) is 13.4. The molecular weight excluding hydrogens is 272 g/mol. The first-order chi connectivity index (χ1) is 9.75. The first-order valence-electron chi connectivity index (χ1n) is 7.12. The molecule has 0 radical (unpaired) electrons. The van der Waals surface area contributed by atoms with E-state index in [4.69, 9.17) is 17.0 Å². The standard InChI is InChI=1S/C15H18N2O2S/c18-14-13(11-7-3-1-4-8-11)19-15(20)17(14)16-12-9-5-2-6-10-12/h2,5-6,9-11,13,16H,1,3-4,7-8H2. The summed E-state index contributed by atoms with van der Waals surface area (Å²) >= 11 is 5.18. The van der Waals surface area contributed by atoms with Gasteiger partial charge >= 0.3 is 0 Å². The highest BCUT2D eigenvalue weighted by Crippen LogP contribution is 2.32. The fourth-order valence-electron chi connectivity index (χ4n) is 2.91. The summed E-state index contributed by atoms with van der Waals surface area (Å²) in [6.07, 6.45) is 5.32. The highest BCUT2D eigenvalue weighted by atomic mass is 32.1. The highest BCUT2D eigenvalue weighted by Gasteiger charge is 2.43. The van der Waals surface area contributed by atoms with Crippen molar-refractivity contribution in [3.63, 3.8) is 0 Å². The van der Waals surface area contributed by atoms with Gasteiger partial charge in [-0.1, -0.05) is 37.5 Å². The van der Waals surface area contributed by atoms with E-state index in [0.717, 1.165) is 18.5 Å². The average molecular weight is 290 g/mol. The van der Waals surface area contributed by atoms with Gasteiger partial charge in [-0.3, -0.25) is 10.2 Å². The predicted molar refractivity (Wildman–Crippen MR) is 81.0 cm³/mol. The van der Waals surface area contributed by atoms with E-state index in [0.29, 0.717) is 5.92 Å². The van der Waals surface area contributed by atoms with Crippen LogP contribution in [0.15, 0.2) is 30.3 Å². The second-order valence-corrected chi connectivity index (χ2v) is 5.70. The van der Waals surface area contributed by atoms with Crippen molar-refractivity contribution in [1.29, 1.82) is 0 Å². The van der Waals surface area contributed by atoms with Crippen molar-refractivity contribution in [3.05, 3.63) is 30.3 Å². The smallest absolute Gasteiger partial charge is 0.290 e. The molecule has 1 atom stereocenters. The van der Waals surface area contributed by atoms with Crippen LogP contribution in [-0.4, -0.2) is 22.2 Å². The summed E-state index contributed by atoms with van der Waals surface area (Å²) in [7, 11) is 0. The third kappa shape index (κ3) is 2.63. The normalized spacial score (nSPS) is 23.8. The van der Waals surface area contributed by atoms with Crippen molar-refractivity contribution in [3.8, 4) is 0 Å². The Kier molecular flexibility index (Phi) is 3.87. The molecule has 2 fully saturated rings. The number of nitrogens with zero attached hydrogens (tertiary/aromatic N) is 1. The second-order valence-electron chi connectivity index (χ2n) is 5.35. The van der Waals surface area contributed by atoms with E-state index in [1.54, 1.807) is 0 Å². The molecule has 1 amide bonds. The first-order valence-corrected chi connectivity index (χ1v) is 7.53. The Morgan fingerprint density at radius 2 is 1.85 bits per heavy atom. The van der Waals surface area contributed by atoms with E-state index in [-0.39, 0.29) is 11.1 Å². The molecule has 3 rings (SSSR count). The molecule has 1 saturated carbocycles. The van der Waals surface area contributed by atoms with Gasteiger partial charge in [0.05, 0.1) is 5.69 Å². The number of hydrogen-bond donors (Lipinski definition) is 1. The van der Waals surface area contributed by atoms with Crippen molar-refractivity contribution in [2.24, 2.45) is 5.92 Å². The quantitative estimate of drug-likeness (QED) is 0.869. The molecule has 0 bridgehead atoms. The summed E-state index contributed by atoms with van der Waals surface area (Å²) in [5, 5.41) is 1.60. The molecule has 1 aromatic carbocycles. The Balaban J connectivity index is 1.70. The number of carbonyl (C=O) groups is 1. The number of para-hydroxylation sites is 1. The molecule has 106 valence electrons. The molecule has 20 heavy (non-hydrogen) atoms. The Hall–Kier alpha value is -1.62. The summed E-state index contributed by atoms with van der Waals surface area (Å²) in [6, 6.07) is 9.53. The minimum atomic E-state index is -0.404. The largest absolute Gasteiger partial charge is 0.456 e. The van der Waals surface area contributed by atoms with Gasteiger partial charge in [0.25, 0.3) is 11.1 Å². The minimum absolute atomic E-state index is 0.0641. The van der Waals surface area contributed by atoms with Crippen LogP contribution in [0.5, 0.6) is 0 Å². The topological polar surface area (TPSA) is 41.6 Å². The Labute approximate surface area is 124 Å². The van der Waals surface area contributed by atoms with Gasteiger partial charge in [-0.05, 0) is 37.2 Å². The summed E-state index contributed by atoms with van der Waals surface area (Å²) in [6.45, 7) is 0. The van der Waals surface area contributed by atoms with Gasteiger partial charge in [-0.2, -0.15) is 5.01 Å². The number of anilines is 1. The van der Waals surface area contributed by atoms with Crippen LogP contribution in [0.2, 0.25) is 0 Å². The van der Waals surface area contributed by atoms with E-state index >= 15 is 0 Å². The number of carbonyl (C=O) groups excluding carboxylic acids is 1. The van der Waals surface area contributed by atoms with Gasteiger partial charge in [0, 0.05) is 5.92 Å². The molecule has 5 heteroatoms. The van der Waals surface area contributed by atoms with E-state index in [1.165, 1.54) is 24.3 Å². The maximum absolute atomic E-state index is 12.5. The highest BCUT2D eigenvalue weighted by molar-refractivity contribution is 7.80. The summed E-state index contributed by atoms with van der Waals surface area (Å²) < 4.78 is 5.64. The van der Waals surface area contributed by atoms with E-state index < -0.39 is 6.10 Å².